The summed E-state index contributed by atoms with van der Waals surface area (Å²) in [6, 6.07) is 7.91. The molecule has 0 amide bonds. The molecular weight excluding hydrogens is 361 g/mol. The maximum Gasteiger partial charge on any atom is 0.347 e. The molecule has 2 aromatic heterocycles. The molecule has 0 saturated heterocycles. The molecule has 0 aliphatic rings. The fourth-order valence-corrected chi connectivity index (χ4v) is 2.30. The first-order valence-electron chi connectivity index (χ1n) is 7.78. The fraction of sp³-hybridized carbons (Fsp3) is 0.167. The first-order valence-corrected chi connectivity index (χ1v) is 8.15. The van der Waals surface area contributed by atoms with Crippen LogP contribution in [-0.4, -0.2) is 21.6 Å². The van der Waals surface area contributed by atoms with Crippen LogP contribution in [0.5, 0.6) is 17.5 Å². The second-order valence-electron chi connectivity index (χ2n) is 5.48. The van der Waals surface area contributed by atoms with Gasteiger partial charge in [0, 0.05) is 29.9 Å². The van der Waals surface area contributed by atoms with Gasteiger partial charge in [-0.05, 0) is 42.3 Å². The lowest BCUT2D eigenvalue weighted by atomic mass is 10.2. The number of benzene rings is 1. The van der Waals surface area contributed by atoms with Crippen LogP contribution in [0, 0.1) is 12.7 Å². The Kier molecular flexibility index (Phi) is 5.48. The third-order valence-corrected chi connectivity index (χ3v) is 3.93. The Morgan fingerprint density at radius 1 is 1.23 bits per heavy atom. The van der Waals surface area contributed by atoms with Crippen LogP contribution in [0.2, 0.25) is 5.02 Å². The Bertz CT molecular complexity index is 978. The molecule has 0 unspecified atom stereocenters. The number of aromatic amines is 1. The Balaban J connectivity index is 1.61. The van der Waals surface area contributed by atoms with Crippen LogP contribution in [0.25, 0.3) is 0 Å². The standard InChI is InChI=1S/C18H15ClFN3O3/c1-11-8-13(2-3-14(11)19)26-17-15(20)9-12(10-22-17)5-7-25-16-4-6-21-18(24)23-16/h2-4,6,8-10H,5,7H2,1H3,(H,21,23,24). The number of ether oxygens (including phenoxy) is 2. The van der Waals surface area contributed by atoms with E-state index in [0.29, 0.717) is 28.6 Å². The highest BCUT2D eigenvalue weighted by molar-refractivity contribution is 6.31. The molecule has 134 valence electrons. The van der Waals surface area contributed by atoms with Crippen molar-refractivity contribution in [3.8, 4) is 17.5 Å². The molecule has 0 radical (unpaired) electrons. The van der Waals surface area contributed by atoms with Crippen LogP contribution in [0.4, 0.5) is 4.39 Å². The van der Waals surface area contributed by atoms with Gasteiger partial charge >= 0.3 is 5.69 Å². The number of pyridine rings is 1. The smallest absolute Gasteiger partial charge is 0.347 e. The van der Waals surface area contributed by atoms with E-state index in [-0.39, 0.29) is 12.5 Å². The largest absolute Gasteiger partial charge is 0.478 e. The maximum absolute atomic E-state index is 14.2. The van der Waals surface area contributed by atoms with Crippen molar-refractivity contribution in [3.63, 3.8) is 0 Å². The number of nitrogens with zero attached hydrogens (tertiary/aromatic N) is 2. The van der Waals surface area contributed by atoms with Crippen molar-refractivity contribution in [2.24, 2.45) is 0 Å². The highest BCUT2D eigenvalue weighted by atomic mass is 35.5. The molecule has 0 atom stereocenters. The second-order valence-corrected chi connectivity index (χ2v) is 5.89. The number of nitrogens with one attached hydrogen (secondary N) is 1. The zero-order valence-corrected chi connectivity index (χ0v) is 14.6. The third-order valence-electron chi connectivity index (χ3n) is 3.50. The van der Waals surface area contributed by atoms with Crippen molar-refractivity contribution < 1.29 is 13.9 Å². The van der Waals surface area contributed by atoms with Gasteiger partial charge in [0.15, 0.2) is 11.7 Å². The van der Waals surface area contributed by atoms with Crippen molar-refractivity contribution in [2.75, 3.05) is 6.61 Å². The minimum Gasteiger partial charge on any atom is -0.478 e. The van der Waals surface area contributed by atoms with Crippen molar-refractivity contribution in [2.45, 2.75) is 13.3 Å². The molecule has 3 aromatic rings. The predicted molar refractivity (Wildman–Crippen MR) is 94.5 cm³/mol. The van der Waals surface area contributed by atoms with Crippen LogP contribution in [-0.2, 0) is 6.42 Å². The highest BCUT2D eigenvalue weighted by Gasteiger charge is 2.09. The summed E-state index contributed by atoms with van der Waals surface area (Å²) in [5.74, 6) is 0.0646. The van der Waals surface area contributed by atoms with Crippen LogP contribution >= 0.6 is 11.6 Å². The van der Waals surface area contributed by atoms with Gasteiger partial charge in [-0.15, -0.1) is 0 Å². The molecule has 1 aromatic carbocycles. The molecule has 1 N–H and O–H groups in total. The van der Waals surface area contributed by atoms with Crippen molar-refractivity contribution in [1.29, 1.82) is 0 Å². The predicted octanol–water partition coefficient (Wildman–Crippen LogP) is 3.68. The summed E-state index contributed by atoms with van der Waals surface area (Å²) in [5.41, 5.74) is 0.972. The van der Waals surface area contributed by atoms with Crippen molar-refractivity contribution in [3.05, 3.63) is 75.2 Å². The van der Waals surface area contributed by atoms with Gasteiger partial charge in [0.1, 0.15) is 5.75 Å². The molecule has 26 heavy (non-hydrogen) atoms. The molecule has 0 aliphatic heterocycles. The summed E-state index contributed by atoms with van der Waals surface area (Å²) in [7, 11) is 0. The normalized spacial score (nSPS) is 10.6. The first-order chi connectivity index (χ1) is 12.5. The molecule has 8 heteroatoms. The summed E-state index contributed by atoms with van der Waals surface area (Å²) >= 11 is 5.96. The molecule has 0 saturated carbocycles. The van der Waals surface area contributed by atoms with Crippen molar-refractivity contribution in [1.82, 2.24) is 15.0 Å². The molecule has 0 aliphatic carbocycles. The average Bonchev–Trinajstić information content (AvgIpc) is 2.60. The van der Waals surface area contributed by atoms with E-state index in [2.05, 4.69) is 15.0 Å². The molecule has 0 bridgehead atoms. The molecule has 2 heterocycles. The van der Waals surface area contributed by atoms with E-state index in [4.69, 9.17) is 21.1 Å². The van der Waals surface area contributed by atoms with E-state index in [1.54, 1.807) is 18.2 Å². The minimum absolute atomic E-state index is 0.116. The minimum atomic E-state index is -0.576. The van der Waals surface area contributed by atoms with E-state index in [9.17, 15) is 9.18 Å². The van der Waals surface area contributed by atoms with Crippen LogP contribution in [0.15, 0.2) is 47.5 Å². The highest BCUT2D eigenvalue weighted by Crippen LogP contribution is 2.26. The Morgan fingerprint density at radius 2 is 2.08 bits per heavy atom. The lowest BCUT2D eigenvalue weighted by Crippen LogP contribution is -2.12. The van der Waals surface area contributed by atoms with Gasteiger partial charge in [-0.25, -0.2) is 19.2 Å². The van der Waals surface area contributed by atoms with Gasteiger partial charge in [0.05, 0.1) is 6.61 Å². The number of H-pyrrole nitrogens is 1. The zero-order chi connectivity index (χ0) is 18.5. The third kappa shape index (κ3) is 4.58. The van der Waals surface area contributed by atoms with E-state index in [1.807, 2.05) is 6.92 Å². The Morgan fingerprint density at radius 3 is 2.81 bits per heavy atom. The lowest BCUT2D eigenvalue weighted by molar-refractivity contribution is 0.307. The number of rotatable bonds is 6. The Hall–Kier alpha value is -2.93. The van der Waals surface area contributed by atoms with Gasteiger partial charge in [-0.3, -0.25) is 4.98 Å². The summed E-state index contributed by atoms with van der Waals surface area (Å²) in [6.45, 7) is 2.08. The van der Waals surface area contributed by atoms with Gasteiger partial charge in [-0.2, -0.15) is 0 Å². The number of halogens is 2. The average molecular weight is 376 g/mol. The number of aryl methyl sites for hydroxylation is 1. The summed E-state index contributed by atoms with van der Waals surface area (Å²) in [5, 5.41) is 0.608. The van der Waals surface area contributed by atoms with E-state index in [1.165, 1.54) is 24.5 Å². The Labute approximate surface area is 153 Å². The lowest BCUT2D eigenvalue weighted by Gasteiger charge is -2.09. The molecule has 3 rings (SSSR count). The van der Waals surface area contributed by atoms with E-state index in [0.717, 1.165) is 5.56 Å². The molecule has 0 fully saturated rings. The molecule has 6 nitrogen and oxygen atoms in total. The van der Waals surface area contributed by atoms with Crippen molar-refractivity contribution >= 4 is 11.6 Å². The van der Waals surface area contributed by atoms with Gasteiger partial charge in [0.2, 0.25) is 0 Å². The number of hydrogen-bond donors (Lipinski definition) is 1. The SMILES string of the molecule is Cc1cc(Oc2ncc(CCOc3ccnc(=O)[nH]3)cc2F)ccc1Cl. The van der Waals surface area contributed by atoms with Crippen LogP contribution in [0.1, 0.15) is 11.1 Å². The van der Waals surface area contributed by atoms with Gasteiger partial charge < -0.3 is 9.47 Å². The van der Waals surface area contributed by atoms with Gasteiger partial charge in [-0.1, -0.05) is 11.6 Å². The molecule has 0 spiro atoms. The van der Waals surface area contributed by atoms with E-state index >= 15 is 0 Å². The van der Waals surface area contributed by atoms with Crippen LogP contribution < -0.4 is 15.2 Å². The summed E-state index contributed by atoms with van der Waals surface area (Å²) in [4.78, 5) is 21.0. The monoisotopic (exact) mass is 375 g/mol. The topological polar surface area (TPSA) is 77.1 Å². The van der Waals surface area contributed by atoms with E-state index < -0.39 is 11.5 Å². The molecular formula is C18H15ClFN3O3. The summed E-state index contributed by atoms with van der Waals surface area (Å²) < 4.78 is 25.1. The number of aromatic nitrogens is 3. The van der Waals surface area contributed by atoms with Crippen LogP contribution in [0.3, 0.4) is 0 Å². The fourth-order valence-electron chi connectivity index (χ4n) is 2.18. The quantitative estimate of drug-likeness (QED) is 0.711. The second kappa shape index (κ2) is 7.97. The summed E-state index contributed by atoms with van der Waals surface area (Å²) in [6.07, 6.45) is 3.27. The zero-order valence-electron chi connectivity index (χ0n) is 13.8. The number of hydrogen-bond acceptors (Lipinski definition) is 5. The van der Waals surface area contributed by atoms with Gasteiger partial charge in [0.25, 0.3) is 5.88 Å². The first kappa shape index (κ1) is 17.9. The maximum atomic E-state index is 14.2.